The lowest BCUT2D eigenvalue weighted by atomic mass is 10.0. The van der Waals surface area contributed by atoms with Crippen LogP contribution in [0, 0.1) is 5.92 Å². The van der Waals surface area contributed by atoms with Gasteiger partial charge in [0, 0.05) is 12.5 Å². The van der Waals surface area contributed by atoms with Gasteiger partial charge in [0.05, 0.1) is 6.61 Å². The third-order valence-corrected chi connectivity index (χ3v) is 1.61. The minimum absolute atomic E-state index is 0.244. The molecule has 1 heterocycles. The van der Waals surface area contributed by atoms with Crippen LogP contribution in [0.3, 0.4) is 0 Å². The molecule has 0 aliphatic carbocycles. The highest BCUT2D eigenvalue weighted by atomic mass is 19.1. The SMILES string of the molecule is O=C(O)[C@H](F)[C@H]1CCOC1. The van der Waals surface area contributed by atoms with Crippen LogP contribution in [0.25, 0.3) is 0 Å². The van der Waals surface area contributed by atoms with Crippen molar-refractivity contribution in [3.8, 4) is 0 Å². The predicted octanol–water partition coefficient (Wildman–Crippen LogP) is 0.446. The number of halogens is 1. The van der Waals surface area contributed by atoms with Gasteiger partial charge in [0.15, 0.2) is 0 Å². The monoisotopic (exact) mass is 148 g/mol. The van der Waals surface area contributed by atoms with Gasteiger partial charge in [0.25, 0.3) is 0 Å². The van der Waals surface area contributed by atoms with Gasteiger partial charge in [0.2, 0.25) is 6.17 Å². The highest BCUT2D eigenvalue weighted by Crippen LogP contribution is 2.18. The fourth-order valence-corrected chi connectivity index (χ4v) is 0.985. The van der Waals surface area contributed by atoms with Gasteiger partial charge in [0.1, 0.15) is 0 Å². The van der Waals surface area contributed by atoms with Crippen LogP contribution in [-0.2, 0) is 9.53 Å². The molecule has 2 atom stereocenters. The lowest BCUT2D eigenvalue weighted by molar-refractivity contribution is -0.144. The Labute approximate surface area is 57.8 Å². The Balaban J connectivity index is 2.39. The largest absolute Gasteiger partial charge is 0.479 e. The van der Waals surface area contributed by atoms with Crippen molar-refractivity contribution in [2.75, 3.05) is 13.2 Å². The maximum atomic E-state index is 12.6. The molecule has 0 aromatic carbocycles. The number of hydrogen-bond acceptors (Lipinski definition) is 2. The number of aliphatic carboxylic acids is 1. The maximum Gasteiger partial charge on any atom is 0.338 e. The summed E-state index contributed by atoms with van der Waals surface area (Å²) in [5.41, 5.74) is 0. The molecule has 0 saturated carbocycles. The molecule has 0 radical (unpaired) electrons. The minimum atomic E-state index is -1.75. The molecule has 0 bridgehead atoms. The van der Waals surface area contributed by atoms with E-state index in [0.717, 1.165) is 0 Å². The zero-order chi connectivity index (χ0) is 7.56. The molecule has 4 heteroatoms. The van der Waals surface area contributed by atoms with Crippen LogP contribution in [0.5, 0.6) is 0 Å². The second-order valence-corrected chi connectivity index (χ2v) is 2.36. The summed E-state index contributed by atoms with van der Waals surface area (Å²) >= 11 is 0. The molecule has 1 fully saturated rings. The van der Waals surface area contributed by atoms with Gasteiger partial charge in [-0.25, -0.2) is 9.18 Å². The molecular weight excluding hydrogens is 139 g/mol. The number of ether oxygens (including phenoxy) is 1. The summed E-state index contributed by atoms with van der Waals surface area (Å²) in [6.45, 7) is 0.728. The van der Waals surface area contributed by atoms with E-state index in [2.05, 4.69) is 0 Å². The van der Waals surface area contributed by atoms with E-state index in [4.69, 9.17) is 9.84 Å². The zero-order valence-electron chi connectivity index (χ0n) is 5.42. The van der Waals surface area contributed by atoms with Gasteiger partial charge in [-0.2, -0.15) is 0 Å². The Morgan fingerprint density at radius 1 is 1.80 bits per heavy atom. The second-order valence-electron chi connectivity index (χ2n) is 2.36. The van der Waals surface area contributed by atoms with E-state index in [1.54, 1.807) is 0 Å². The van der Waals surface area contributed by atoms with Crippen molar-refractivity contribution < 1.29 is 19.0 Å². The van der Waals surface area contributed by atoms with Crippen molar-refractivity contribution in [1.82, 2.24) is 0 Å². The second kappa shape index (κ2) is 2.96. The Morgan fingerprint density at radius 3 is 2.90 bits per heavy atom. The van der Waals surface area contributed by atoms with E-state index in [1.807, 2.05) is 0 Å². The standard InChI is InChI=1S/C6H9FO3/c7-5(6(8)9)4-1-2-10-3-4/h4-5H,1-3H2,(H,8,9)/t4-,5+/m0/s1. The van der Waals surface area contributed by atoms with Crippen LogP contribution < -0.4 is 0 Å². The average Bonchev–Trinajstić information content (AvgIpc) is 2.36. The zero-order valence-corrected chi connectivity index (χ0v) is 5.42. The van der Waals surface area contributed by atoms with E-state index >= 15 is 0 Å². The first kappa shape index (κ1) is 7.47. The molecule has 58 valence electrons. The van der Waals surface area contributed by atoms with Crippen molar-refractivity contribution in [1.29, 1.82) is 0 Å². The first-order chi connectivity index (χ1) is 4.72. The summed E-state index contributed by atoms with van der Waals surface area (Å²) in [6.07, 6.45) is -1.23. The van der Waals surface area contributed by atoms with Gasteiger partial charge in [-0.3, -0.25) is 0 Å². The molecule has 0 aromatic heterocycles. The minimum Gasteiger partial charge on any atom is -0.479 e. The highest BCUT2D eigenvalue weighted by Gasteiger charge is 2.30. The highest BCUT2D eigenvalue weighted by molar-refractivity contribution is 5.72. The summed E-state index contributed by atoms with van der Waals surface area (Å²) in [5.74, 6) is -1.81. The molecule has 3 nitrogen and oxygen atoms in total. The lowest BCUT2D eigenvalue weighted by Gasteiger charge is -2.07. The van der Waals surface area contributed by atoms with Crippen molar-refractivity contribution in [3.63, 3.8) is 0 Å². The molecule has 1 rings (SSSR count). The fourth-order valence-electron chi connectivity index (χ4n) is 0.985. The third kappa shape index (κ3) is 1.44. The van der Waals surface area contributed by atoms with Gasteiger partial charge in [-0.1, -0.05) is 0 Å². The molecule has 10 heavy (non-hydrogen) atoms. The summed E-state index contributed by atoms with van der Waals surface area (Å²) in [7, 11) is 0. The van der Waals surface area contributed by atoms with Crippen molar-refractivity contribution in [3.05, 3.63) is 0 Å². The fraction of sp³-hybridized carbons (Fsp3) is 0.833. The summed E-state index contributed by atoms with van der Waals surface area (Å²) in [6, 6.07) is 0. The smallest absolute Gasteiger partial charge is 0.338 e. The third-order valence-electron chi connectivity index (χ3n) is 1.61. The van der Waals surface area contributed by atoms with Crippen LogP contribution in [-0.4, -0.2) is 30.5 Å². The topological polar surface area (TPSA) is 46.5 Å². The van der Waals surface area contributed by atoms with Gasteiger partial charge < -0.3 is 9.84 Å². The maximum absolute atomic E-state index is 12.6. The summed E-state index contributed by atoms with van der Waals surface area (Å²) < 4.78 is 17.4. The summed E-state index contributed by atoms with van der Waals surface area (Å²) in [5, 5.41) is 8.21. The Hall–Kier alpha value is -0.640. The molecular formula is C6H9FO3. The molecule has 1 N–H and O–H groups in total. The first-order valence-electron chi connectivity index (χ1n) is 3.16. The Bertz CT molecular complexity index is 131. The van der Waals surface area contributed by atoms with Gasteiger partial charge in [-0.15, -0.1) is 0 Å². The Morgan fingerprint density at radius 2 is 2.50 bits per heavy atom. The van der Waals surface area contributed by atoms with E-state index in [0.29, 0.717) is 13.0 Å². The first-order valence-corrected chi connectivity index (χ1v) is 3.16. The molecule has 0 amide bonds. The normalized spacial score (nSPS) is 28.3. The Kier molecular flexibility index (Phi) is 2.21. The predicted molar refractivity (Wildman–Crippen MR) is 31.5 cm³/mol. The number of carbonyl (C=O) groups is 1. The van der Waals surface area contributed by atoms with E-state index in [-0.39, 0.29) is 6.61 Å². The van der Waals surface area contributed by atoms with Crippen molar-refractivity contribution in [2.45, 2.75) is 12.6 Å². The van der Waals surface area contributed by atoms with Gasteiger partial charge in [-0.05, 0) is 6.42 Å². The van der Waals surface area contributed by atoms with Crippen LogP contribution in [0.2, 0.25) is 0 Å². The number of hydrogen-bond donors (Lipinski definition) is 1. The van der Waals surface area contributed by atoms with E-state index in [9.17, 15) is 9.18 Å². The molecule has 0 aromatic rings. The molecule has 1 aliphatic heterocycles. The van der Waals surface area contributed by atoms with E-state index < -0.39 is 18.1 Å². The van der Waals surface area contributed by atoms with Crippen molar-refractivity contribution >= 4 is 5.97 Å². The number of carboxylic acids is 1. The number of alkyl halides is 1. The summed E-state index contributed by atoms with van der Waals surface area (Å²) in [4.78, 5) is 10.1. The van der Waals surface area contributed by atoms with Gasteiger partial charge >= 0.3 is 5.97 Å². The van der Waals surface area contributed by atoms with Crippen molar-refractivity contribution in [2.24, 2.45) is 5.92 Å². The molecule has 0 unspecified atom stereocenters. The van der Waals surface area contributed by atoms with Crippen LogP contribution in [0.15, 0.2) is 0 Å². The number of carboxylic acid groups (broad SMARTS) is 1. The molecule has 0 spiro atoms. The molecule has 1 saturated heterocycles. The lowest BCUT2D eigenvalue weighted by Crippen LogP contribution is -2.25. The molecule has 1 aliphatic rings. The van der Waals surface area contributed by atoms with Crippen LogP contribution in [0.4, 0.5) is 4.39 Å². The van der Waals surface area contributed by atoms with E-state index in [1.165, 1.54) is 0 Å². The van der Waals surface area contributed by atoms with Crippen LogP contribution >= 0.6 is 0 Å². The quantitative estimate of drug-likeness (QED) is 0.618. The van der Waals surface area contributed by atoms with Crippen LogP contribution in [0.1, 0.15) is 6.42 Å². The average molecular weight is 148 g/mol. The number of rotatable bonds is 2.